The van der Waals surface area contributed by atoms with E-state index >= 15 is 0 Å². The summed E-state index contributed by atoms with van der Waals surface area (Å²) in [5, 5.41) is 12.5. The topological polar surface area (TPSA) is 54.3 Å². The lowest BCUT2D eigenvalue weighted by atomic mass is 9.87. The fraction of sp³-hybridized carbons (Fsp3) is 0.667. The standard InChI is InChI=1S/C15H24N2O2/c1-11(2)17-9-3-4-14(17)15(19)16-10-12-5-7-13(18)8-6-12/h3-4,9,11-13,18H,5-8,10H2,1-2H3,(H,16,19). The van der Waals surface area contributed by atoms with Crippen molar-refractivity contribution in [3.05, 3.63) is 24.0 Å². The first-order valence-electron chi connectivity index (χ1n) is 7.21. The lowest BCUT2D eigenvalue weighted by Crippen LogP contribution is -2.33. The van der Waals surface area contributed by atoms with Crippen LogP contribution in [-0.2, 0) is 0 Å². The van der Waals surface area contributed by atoms with Crippen molar-refractivity contribution in [2.24, 2.45) is 5.92 Å². The fourth-order valence-corrected chi connectivity index (χ4v) is 2.71. The minimum Gasteiger partial charge on any atom is -0.393 e. The molecule has 0 bridgehead atoms. The Morgan fingerprint density at radius 1 is 1.42 bits per heavy atom. The molecule has 4 nitrogen and oxygen atoms in total. The van der Waals surface area contributed by atoms with Crippen molar-refractivity contribution in [1.82, 2.24) is 9.88 Å². The highest BCUT2D eigenvalue weighted by Gasteiger charge is 2.20. The van der Waals surface area contributed by atoms with Gasteiger partial charge in [0.2, 0.25) is 0 Å². The summed E-state index contributed by atoms with van der Waals surface area (Å²) in [4.78, 5) is 12.2. The summed E-state index contributed by atoms with van der Waals surface area (Å²) in [5.74, 6) is 0.514. The summed E-state index contributed by atoms with van der Waals surface area (Å²) in [7, 11) is 0. The first kappa shape index (κ1) is 14.1. The van der Waals surface area contributed by atoms with Crippen molar-refractivity contribution >= 4 is 5.91 Å². The largest absolute Gasteiger partial charge is 0.393 e. The van der Waals surface area contributed by atoms with Gasteiger partial charge in [0.25, 0.3) is 5.91 Å². The highest BCUT2D eigenvalue weighted by Crippen LogP contribution is 2.23. The Hall–Kier alpha value is -1.29. The summed E-state index contributed by atoms with van der Waals surface area (Å²) in [6, 6.07) is 4.06. The summed E-state index contributed by atoms with van der Waals surface area (Å²) in [6.45, 7) is 4.85. The van der Waals surface area contributed by atoms with E-state index < -0.39 is 0 Å². The third-order valence-corrected chi connectivity index (χ3v) is 3.94. The molecule has 1 amide bonds. The van der Waals surface area contributed by atoms with Gasteiger partial charge in [0, 0.05) is 18.8 Å². The van der Waals surface area contributed by atoms with Crippen LogP contribution in [0.1, 0.15) is 56.1 Å². The van der Waals surface area contributed by atoms with Crippen LogP contribution in [0.15, 0.2) is 18.3 Å². The van der Waals surface area contributed by atoms with Gasteiger partial charge in [-0.3, -0.25) is 4.79 Å². The monoisotopic (exact) mass is 264 g/mol. The Morgan fingerprint density at radius 3 is 2.74 bits per heavy atom. The molecule has 1 heterocycles. The summed E-state index contributed by atoms with van der Waals surface area (Å²) in [5.41, 5.74) is 0.728. The van der Waals surface area contributed by atoms with E-state index in [1.807, 2.05) is 22.9 Å². The zero-order valence-electron chi connectivity index (χ0n) is 11.8. The molecule has 1 aliphatic carbocycles. The van der Waals surface area contributed by atoms with Crippen LogP contribution in [0.5, 0.6) is 0 Å². The highest BCUT2D eigenvalue weighted by atomic mass is 16.3. The summed E-state index contributed by atoms with van der Waals surface area (Å²) < 4.78 is 1.99. The summed E-state index contributed by atoms with van der Waals surface area (Å²) >= 11 is 0. The van der Waals surface area contributed by atoms with Gasteiger partial charge in [-0.2, -0.15) is 0 Å². The Labute approximate surface area is 114 Å². The first-order valence-corrected chi connectivity index (χ1v) is 7.21. The number of aliphatic hydroxyl groups is 1. The van der Waals surface area contributed by atoms with Crippen LogP contribution < -0.4 is 5.32 Å². The average molecular weight is 264 g/mol. The van der Waals surface area contributed by atoms with Crippen molar-refractivity contribution < 1.29 is 9.90 Å². The van der Waals surface area contributed by atoms with Crippen LogP contribution >= 0.6 is 0 Å². The molecule has 0 spiro atoms. The van der Waals surface area contributed by atoms with Crippen LogP contribution in [0.4, 0.5) is 0 Å². The molecule has 0 radical (unpaired) electrons. The van der Waals surface area contributed by atoms with Gasteiger partial charge in [-0.1, -0.05) is 0 Å². The number of nitrogens with one attached hydrogen (secondary N) is 1. The number of hydrogen-bond acceptors (Lipinski definition) is 2. The number of nitrogens with zero attached hydrogens (tertiary/aromatic N) is 1. The number of rotatable bonds is 4. The molecule has 0 saturated heterocycles. The molecule has 19 heavy (non-hydrogen) atoms. The minimum atomic E-state index is -0.134. The number of aromatic nitrogens is 1. The Balaban J connectivity index is 1.86. The maximum absolute atomic E-state index is 12.2. The smallest absolute Gasteiger partial charge is 0.267 e. The molecule has 0 unspecified atom stereocenters. The fourth-order valence-electron chi connectivity index (χ4n) is 2.71. The van der Waals surface area contributed by atoms with Gasteiger partial charge in [0.05, 0.1) is 6.10 Å². The normalized spacial score (nSPS) is 23.6. The lowest BCUT2D eigenvalue weighted by Gasteiger charge is -2.25. The third-order valence-electron chi connectivity index (χ3n) is 3.94. The second kappa shape index (κ2) is 6.24. The van der Waals surface area contributed by atoms with Gasteiger partial charge in [-0.05, 0) is 57.6 Å². The van der Waals surface area contributed by atoms with E-state index in [0.717, 1.165) is 37.9 Å². The maximum Gasteiger partial charge on any atom is 0.267 e. The molecule has 1 fully saturated rings. The second-order valence-corrected chi connectivity index (χ2v) is 5.78. The van der Waals surface area contributed by atoms with E-state index in [9.17, 15) is 9.90 Å². The van der Waals surface area contributed by atoms with Gasteiger partial charge in [0.15, 0.2) is 0 Å². The van der Waals surface area contributed by atoms with Crippen LogP contribution in [0.3, 0.4) is 0 Å². The van der Waals surface area contributed by atoms with Gasteiger partial charge < -0.3 is 15.0 Å². The number of hydrogen-bond donors (Lipinski definition) is 2. The van der Waals surface area contributed by atoms with Crippen molar-refractivity contribution in [2.75, 3.05) is 6.54 Å². The van der Waals surface area contributed by atoms with Gasteiger partial charge in [-0.25, -0.2) is 0 Å². The molecule has 1 aromatic heterocycles. The molecule has 2 N–H and O–H groups in total. The lowest BCUT2D eigenvalue weighted by molar-refractivity contribution is 0.0901. The number of carbonyl (C=O) groups excluding carboxylic acids is 1. The average Bonchev–Trinajstić information content (AvgIpc) is 2.87. The molecule has 0 aromatic carbocycles. The van der Waals surface area contributed by atoms with Crippen molar-refractivity contribution in [3.8, 4) is 0 Å². The Morgan fingerprint density at radius 2 is 2.11 bits per heavy atom. The minimum absolute atomic E-state index is 0.00446. The number of carbonyl (C=O) groups is 1. The Bertz CT molecular complexity index is 418. The molecule has 0 aliphatic heterocycles. The van der Waals surface area contributed by atoms with Crippen molar-refractivity contribution in [1.29, 1.82) is 0 Å². The van der Waals surface area contributed by atoms with Gasteiger partial charge >= 0.3 is 0 Å². The molecular formula is C15H24N2O2. The van der Waals surface area contributed by atoms with E-state index in [1.165, 1.54) is 0 Å². The van der Waals surface area contributed by atoms with E-state index in [4.69, 9.17) is 0 Å². The molecule has 0 atom stereocenters. The van der Waals surface area contributed by atoms with E-state index in [2.05, 4.69) is 19.2 Å². The first-order chi connectivity index (χ1) is 9.08. The predicted molar refractivity (Wildman–Crippen MR) is 75.1 cm³/mol. The van der Waals surface area contributed by atoms with Crippen LogP contribution in [0.2, 0.25) is 0 Å². The SMILES string of the molecule is CC(C)n1cccc1C(=O)NCC1CCC(O)CC1. The second-order valence-electron chi connectivity index (χ2n) is 5.78. The van der Waals surface area contributed by atoms with Crippen LogP contribution in [-0.4, -0.2) is 28.2 Å². The zero-order valence-corrected chi connectivity index (χ0v) is 11.8. The van der Waals surface area contributed by atoms with Gasteiger partial charge in [0.1, 0.15) is 5.69 Å². The quantitative estimate of drug-likeness (QED) is 0.877. The molecule has 2 rings (SSSR count). The Kier molecular flexibility index (Phi) is 4.64. The predicted octanol–water partition coefficient (Wildman–Crippen LogP) is 2.35. The van der Waals surface area contributed by atoms with Crippen LogP contribution in [0, 0.1) is 5.92 Å². The van der Waals surface area contributed by atoms with E-state index in [-0.39, 0.29) is 12.0 Å². The van der Waals surface area contributed by atoms with Gasteiger partial charge in [-0.15, -0.1) is 0 Å². The summed E-state index contributed by atoms with van der Waals surface area (Å²) in [6.07, 6.45) is 5.55. The third kappa shape index (κ3) is 3.60. The molecule has 1 aliphatic rings. The van der Waals surface area contributed by atoms with Crippen molar-refractivity contribution in [2.45, 2.75) is 51.7 Å². The van der Waals surface area contributed by atoms with Crippen LogP contribution in [0.25, 0.3) is 0 Å². The number of amides is 1. The molecule has 1 saturated carbocycles. The van der Waals surface area contributed by atoms with E-state index in [1.54, 1.807) is 0 Å². The number of aliphatic hydroxyl groups excluding tert-OH is 1. The van der Waals surface area contributed by atoms with Crippen molar-refractivity contribution in [3.63, 3.8) is 0 Å². The van der Waals surface area contributed by atoms with E-state index in [0.29, 0.717) is 12.0 Å². The maximum atomic E-state index is 12.2. The molecule has 4 heteroatoms. The highest BCUT2D eigenvalue weighted by molar-refractivity contribution is 5.92. The zero-order chi connectivity index (χ0) is 13.8. The molecule has 106 valence electrons. The molecule has 1 aromatic rings. The molecular weight excluding hydrogens is 240 g/mol.